The summed E-state index contributed by atoms with van der Waals surface area (Å²) in [5.41, 5.74) is 0. The fourth-order valence-electron chi connectivity index (χ4n) is 4.07. The van der Waals surface area contributed by atoms with Crippen molar-refractivity contribution in [1.82, 2.24) is 19.8 Å². The lowest BCUT2D eigenvalue weighted by molar-refractivity contribution is 0.232. The lowest BCUT2D eigenvalue weighted by Crippen LogP contribution is -2.45. The normalized spacial score (nSPS) is 20.5. The number of aliphatic imine (C=N–C) groups is 1. The van der Waals surface area contributed by atoms with Gasteiger partial charge >= 0.3 is 0 Å². The number of likely N-dealkylation sites (tertiary alicyclic amines) is 1. The van der Waals surface area contributed by atoms with Crippen molar-refractivity contribution < 1.29 is 8.42 Å². The number of hydrogen-bond donors (Lipinski definition) is 2. The minimum atomic E-state index is -3.37. The minimum Gasteiger partial charge on any atom is -0.356 e. The molecular formula is C21H35N5O2S. The summed E-state index contributed by atoms with van der Waals surface area (Å²) < 4.78 is 27.1. The molecule has 0 bridgehead atoms. The quantitative estimate of drug-likeness (QED) is 0.518. The maximum Gasteiger partial charge on any atom is 0.243 e. The van der Waals surface area contributed by atoms with Crippen LogP contribution in [0.4, 0.5) is 0 Å². The molecule has 1 aromatic rings. The second-order valence-corrected chi connectivity index (χ2v) is 9.88. The number of rotatable bonds is 7. The Kier molecular flexibility index (Phi) is 8.32. The fourth-order valence-corrected chi connectivity index (χ4v) is 5.56. The van der Waals surface area contributed by atoms with Crippen LogP contribution in [0.3, 0.4) is 0 Å². The van der Waals surface area contributed by atoms with Gasteiger partial charge in [0.05, 0.1) is 4.90 Å². The molecule has 2 aliphatic heterocycles. The second-order valence-electron chi connectivity index (χ2n) is 7.94. The molecule has 0 aliphatic carbocycles. The number of guanidine groups is 1. The molecule has 2 saturated heterocycles. The molecule has 2 aliphatic rings. The fraction of sp³-hybridized carbons (Fsp3) is 0.667. The summed E-state index contributed by atoms with van der Waals surface area (Å²) in [5.74, 6) is 1.29. The van der Waals surface area contributed by atoms with E-state index in [1.807, 2.05) is 6.07 Å². The summed E-state index contributed by atoms with van der Waals surface area (Å²) in [7, 11) is -1.58. The number of nitrogens with one attached hydrogen (secondary N) is 2. The summed E-state index contributed by atoms with van der Waals surface area (Å²) in [6.07, 6.45) is 5.71. The van der Waals surface area contributed by atoms with E-state index in [0.29, 0.717) is 23.9 Å². The highest BCUT2D eigenvalue weighted by atomic mass is 32.2. The molecule has 0 saturated carbocycles. The van der Waals surface area contributed by atoms with Crippen LogP contribution < -0.4 is 10.6 Å². The summed E-state index contributed by atoms with van der Waals surface area (Å²) in [5, 5.41) is 6.82. The largest absolute Gasteiger partial charge is 0.356 e. The molecule has 0 unspecified atom stereocenters. The van der Waals surface area contributed by atoms with Crippen LogP contribution in [-0.2, 0) is 10.0 Å². The summed E-state index contributed by atoms with van der Waals surface area (Å²) in [6, 6.07) is 8.72. The van der Waals surface area contributed by atoms with E-state index in [4.69, 9.17) is 0 Å². The molecule has 2 fully saturated rings. The van der Waals surface area contributed by atoms with Crippen LogP contribution >= 0.6 is 0 Å². The Balaban J connectivity index is 1.37. The molecule has 7 nitrogen and oxygen atoms in total. The molecule has 0 atom stereocenters. The first-order chi connectivity index (χ1) is 14.1. The predicted octanol–water partition coefficient (Wildman–Crippen LogP) is 1.74. The summed E-state index contributed by atoms with van der Waals surface area (Å²) in [4.78, 5) is 7.21. The first-order valence-electron chi connectivity index (χ1n) is 10.8. The van der Waals surface area contributed by atoms with E-state index < -0.39 is 10.0 Å². The van der Waals surface area contributed by atoms with E-state index in [-0.39, 0.29) is 0 Å². The van der Waals surface area contributed by atoms with Gasteiger partial charge in [-0.1, -0.05) is 24.6 Å². The average molecular weight is 422 g/mol. The standard InChI is InChI=1S/C21H35N5O2S/c1-22-21(23-12-17-25-13-6-3-7-14-25)24-18-19-10-15-26(16-11-19)29(27,28)20-8-4-2-5-9-20/h2,4-5,8-9,19H,3,6-7,10-18H2,1H3,(H2,22,23,24). The van der Waals surface area contributed by atoms with Gasteiger partial charge in [0, 0.05) is 39.8 Å². The molecule has 0 aromatic heterocycles. The van der Waals surface area contributed by atoms with Gasteiger partial charge < -0.3 is 15.5 Å². The van der Waals surface area contributed by atoms with E-state index in [1.165, 1.54) is 32.4 Å². The van der Waals surface area contributed by atoms with Crippen molar-refractivity contribution in [2.24, 2.45) is 10.9 Å². The molecule has 8 heteroatoms. The Hall–Kier alpha value is -1.64. The lowest BCUT2D eigenvalue weighted by atomic mass is 9.98. The van der Waals surface area contributed by atoms with Crippen molar-refractivity contribution in [3.8, 4) is 0 Å². The van der Waals surface area contributed by atoms with Gasteiger partial charge in [0.15, 0.2) is 5.96 Å². The monoisotopic (exact) mass is 421 g/mol. The van der Waals surface area contributed by atoms with Gasteiger partial charge in [0.25, 0.3) is 0 Å². The Labute approximate surface area is 175 Å². The van der Waals surface area contributed by atoms with Gasteiger partial charge in [-0.05, 0) is 56.8 Å². The zero-order valence-corrected chi connectivity index (χ0v) is 18.3. The van der Waals surface area contributed by atoms with E-state index in [2.05, 4.69) is 20.5 Å². The van der Waals surface area contributed by atoms with Gasteiger partial charge in [-0.3, -0.25) is 4.99 Å². The molecule has 162 valence electrons. The van der Waals surface area contributed by atoms with Crippen molar-refractivity contribution in [2.45, 2.75) is 37.0 Å². The smallest absolute Gasteiger partial charge is 0.243 e. The molecular weight excluding hydrogens is 386 g/mol. The summed E-state index contributed by atoms with van der Waals surface area (Å²) >= 11 is 0. The van der Waals surface area contributed by atoms with Crippen LogP contribution in [0, 0.1) is 5.92 Å². The third-order valence-electron chi connectivity index (χ3n) is 5.91. The number of nitrogens with zero attached hydrogens (tertiary/aromatic N) is 3. The van der Waals surface area contributed by atoms with Crippen LogP contribution in [0.5, 0.6) is 0 Å². The highest BCUT2D eigenvalue weighted by Crippen LogP contribution is 2.23. The van der Waals surface area contributed by atoms with Crippen LogP contribution in [0.25, 0.3) is 0 Å². The van der Waals surface area contributed by atoms with Crippen molar-refractivity contribution in [3.05, 3.63) is 30.3 Å². The van der Waals surface area contributed by atoms with Gasteiger partial charge in [-0.2, -0.15) is 4.31 Å². The van der Waals surface area contributed by atoms with E-state index in [1.54, 1.807) is 35.6 Å². The van der Waals surface area contributed by atoms with Gasteiger partial charge in [-0.15, -0.1) is 0 Å². The van der Waals surface area contributed by atoms with E-state index in [0.717, 1.165) is 38.4 Å². The Bertz CT molecular complexity index is 740. The van der Waals surface area contributed by atoms with Crippen LogP contribution in [0.15, 0.2) is 40.2 Å². The van der Waals surface area contributed by atoms with Crippen LogP contribution in [-0.4, -0.2) is 76.4 Å². The molecule has 3 rings (SSSR count). The van der Waals surface area contributed by atoms with E-state index >= 15 is 0 Å². The second kappa shape index (κ2) is 10.9. The SMILES string of the molecule is CN=C(NCCN1CCCCC1)NCC1CCN(S(=O)(=O)c2ccccc2)CC1. The van der Waals surface area contributed by atoms with Crippen molar-refractivity contribution >= 4 is 16.0 Å². The van der Waals surface area contributed by atoms with Gasteiger partial charge in [0.2, 0.25) is 10.0 Å². The Morgan fingerprint density at radius 1 is 1.03 bits per heavy atom. The van der Waals surface area contributed by atoms with Crippen molar-refractivity contribution in [1.29, 1.82) is 0 Å². The van der Waals surface area contributed by atoms with E-state index in [9.17, 15) is 8.42 Å². The Morgan fingerprint density at radius 2 is 1.72 bits per heavy atom. The molecule has 0 amide bonds. The zero-order chi connectivity index (χ0) is 20.5. The molecule has 2 N–H and O–H groups in total. The first-order valence-corrected chi connectivity index (χ1v) is 12.3. The zero-order valence-electron chi connectivity index (χ0n) is 17.5. The van der Waals surface area contributed by atoms with Crippen LogP contribution in [0.1, 0.15) is 32.1 Å². The highest BCUT2D eigenvalue weighted by molar-refractivity contribution is 7.89. The number of piperidine rings is 2. The Morgan fingerprint density at radius 3 is 2.38 bits per heavy atom. The molecule has 0 radical (unpaired) electrons. The summed E-state index contributed by atoms with van der Waals surface area (Å²) in [6.45, 7) is 6.33. The van der Waals surface area contributed by atoms with Gasteiger partial charge in [-0.25, -0.2) is 8.42 Å². The topological polar surface area (TPSA) is 77.0 Å². The molecule has 2 heterocycles. The van der Waals surface area contributed by atoms with Crippen LogP contribution in [0.2, 0.25) is 0 Å². The van der Waals surface area contributed by atoms with Gasteiger partial charge in [0.1, 0.15) is 0 Å². The maximum absolute atomic E-state index is 12.7. The third-order valence-corrected chi connectivity index (χ3v) is 7.82. The molecule has 29 heavy (non-hydrogen) atoms. The number of hydrogen-bond acceptors (Lipinski definition) is 4. The third kappa shape index (κ3) is 6.42. The van der Waals surface area contributed by atoms with Crippen molar-refractivity contribution in [3.63, 3.8) is 0 Å². The molecule has 1 aromatic carbocycles. The number of benzene rings is 1. The predicted molar refractivity (Wildman–Crippen MR) is 118 cm³/mol. The minimum absolute atomic E-state index is 0.384. The molecule has 0 spiro atoms. The average Bonchev–Trinajstić information content (AvgIpc) is 2.77. The highest BCUT2D eigenvalue weighted by Gasteiger charge is 2.29. The lowest BCUT2D eigenvalue weighted by Gasteiger charge is -2.31. The number of sulfonamides is 1. The van der Waals surface area contributed by atoms with Crippen molar-refractivity contribution in [2.75, 3.05) is 52.9 Å². The maximum atomic E-state index is 12.7. The first kappa shape index (κ1) is 22.1.